The van der Waals surface area contributed by atoms with Crippen LogP contribution in [-0.4, -0.2) is 20.7 Å². The Morgan fingerprint density at radius 2 is 1.88 bits per heavy atom. The molecule has 0 aromatic heterocycles. The van der Waals surface area contributed by atoms with Gasteiger partial charge in [-0.1, -0.05) is 12.4 Å². The van der Waals surface area contributed by atoms with E-state index < -0.39 is 12.4 Å². The van der Waals surface area contributed by atoms with E-state index in [0.717, 1.165) is 6.07 Å². The Kier molecular flexibility index (Phi) is 7.82. The largest absolute Gasteiger partial charge is 1.00 e. The molecule has 17 heavy (non-hydrogen) atoms. The molecule has 0 fully saturated rings. The minimum atomic E-state index is -5.08. The van der Waals surface area contributed by atoms with Crippen LogP contribution in [0.2, 0.25) is 0 Å². The van der Waals surface area contributed by atoms with Crippen LogP contribution >= 0.6 is 0 Å². The van der Waals surface area contributed by atoms with E-state index in [4.69, 9.17) is 9.47 Å². The van der Waals surface area contributed by atoms with Gasteiger partial charge in [0, 0.05) is 0 Å². The molecular formula is C10H13BF3KO2. The fourth-order valence-electron chi connectivity index (χ4n) is 1.25. The molecule has 90 valence electrons. The molecule has 1 aromatic rings. The molecule has 0 saturated carbocycles. The number of methoxy groups -OCH3 is 1. The molecule has 1 rings (SSSR count). The van der Waals surface area contributed by atoms with E-state index in [0.29, 0.717) is 6.42 Å². The van der Waals surface area contributed by atoms with Crippen LogP contribution in [0, 0.1) is 0 Å². The average molecular weight is 272 g/mol. The zero-order chi connectivity index (χ0) is 12.2. The molecule has 0 saturated heterocycles. The van der Waals surface area contributed by atoms with E-state index in [1.165, 1.54) is 19.2 Å². The first kappa shape index (κ1) is 17.3. The molecule has 0 amide bonds. The van der Waals surface area contributed by atoms with Gasteiger partial charge in [-0.2, -0.15) is 0 Å². The first-order valence-electron chi connectivity index (χ1n) is 4.99. The Hall–Kier alpha value is 0.311. The van der Waals surface area contributed by atoms with Crippen LogP contribution in [0.4, 0.5) is 12.9 Å². The van der Waals surface area contributed by atoms with Crippen molar-refractivity contribution in [2.24, 2.45) is 0 Å². The Bertz CT molecular complexity index is 358. The summed E-state index contributed by atoms with van der Waals surface area (Å²) in [6.45, 7) is -2.98. The molecule has 0 unspecified atom stereocenters. The summed E-state index contributed by atoms with van der Waals surface area (Å²) in [6.07, 6.45) is 0.663. The first-order chi connectivity index (χ1) is 7.49. The summed E-state index contributed by atoms with van der Waals surface area (Å²) in [5.74, 6) is 0.0493. The number of hydrogen-bond acceptors (Lipinski definition) is 2. The second-order valence-electron chi connectivity index (χ2n) is 3.33. The quantitative estimate of drug-likeness (QED) is 0.676. The summed E-state index contributed by atoms with van der Waals surface area (Å²) < 4.78 is 48.0. The molecule has 0 spiro atoms. The van der Waals surface area contributed by atoms with Crippen LogP contribution in [0.25, 0.3) is 0 Å². The summed E-state index contributed by atoms with van der Waals surface area (Å²) in [6, 6.07) is 3.71. The van der Waals surface area contributed by atoms with Crippen molar-refractivity contribution in [3.05, 3.63) is 18.2 Å². The Morgan fingerprint density at radius 3 is 2.35 bits per heavy atom. The molecule has 0 aliphatic rings. The number of rotatable bonds is 5. The van der Waals surface area contributed by atoms with E-state index >= 15 is 0 Å². The van der Waals surface area contributed by atoms with E-state index in [1.54, 1.807) is 0 Å². The van der Waals surface area contributed by atoms with Crippen molar-refractivity contribution >= 4 is 12.4 Å². The van der Waals surface area contributed by atoms with Gasteiger partial charge < -0.3 is 22.4 Å². The van der Waals surface area contributed by atoms with Gasteiger partial charge in [0.25, 0.3) is 0 Å². The van der Waals surface area contributed by atoms with Crippen molar-refractivity contribution in [2.45, 2.75) is 13.3 Å². The maximum atomic E-state index is 12.7. The maximum absolute atomic E-state index is 12.7. The molecule has 2 nitrogen and oxygen atoms in total. The van der Waals surface area contributed by atoms with Gasteiger partial charge in [-0.15, -0.1) is 0 Å². The second kappa shape index (κ2) is 7.68. The Morgan fingerprint density at radius 1 is 1.24 bits per heavy atom. The summed E-state index contributed by atoms with van der Waals surface area (Å²) in [5, 5.41) is 0. The van der Waals surface area contributed by atoms with Gasteiger partial charge in [0.1, 0.15) is 5.75 Å². The fraction of sp³-hybridized carbons (Fsp3) is 0.400. The van der Waals surface area contributed by atoms with Gasteiger partial charge in [-0.25, -0.2) is 0 Å². The summed E-state index contributed by atoms with van der Waals surface area (Å²) >= 11 is 0. The fourth-order valence-corrected chi connectivity index (χ4v) is 1.25. The van der Waals surface area contributed by atoms with Crippen LogP contribution in [0.3, 0.4) is 0 Å². The molecule has 0 atom stereocenters. The summed E-state index contributed by atoms with van der Waals surface area (Å²) in [7, 11) is 1.33. The van der Waals surface area contributed by atoms with Gasteiger partial charge in [0.15, 0.2) is 0 Å². The minimum absolute atomic E-state index is 0. The minimum Gasteiger partial charge on any atom is -0.497 e. The molecule has 0 heterocycles. The maximum Gasteiger partial charge on any atom is 1.00 e. The smallest absolute Gasteiger partial charge is 0.497 e. The number of ether oxygens (including phenoxy) is 2. The van der Waals surface area contributed by atoms with Crippen molar-refractivity contribution in [1.82, 2.24) is 0 Å². The van der Waals surface area contributed by atoms with Gasteiger partial charge in [-0.3, -0.25) is 0 Å². The SMILES string of the molecule is CCCOc1ccc(OC)cc1[B-](F)(F)F.[K+]. The monoisotopic (exact) mass is 272 g/mol. The Balaban J connectivity index is 0.00000256. The van der Waals surface area contributed by atoms with Crippen molar-refractivity contribution < 1.29 is 73.8 Å². The third-order valence-corrected chi connectivity index (χ3v) is 2.03. The third kappa shape index (κ3) is 5.21. The predicted octanol–water partition coefficient (Wildman–Crippen LogP) is -0.458. The molecule has 0 aliphatic carbocycles. The van der Waals surface area contributed by atoms with Crippen molar-refractivity contribution in [3.8, 4) is 11.5 Å². The predicted molar refractivity (Wildman–Crippen MR) is 57.5 cm³/mol. The van der Waals surface area contributed by atoms with E-state index in [2.05, 4.69) is 0 Å². The summed E-state index contributed by atoms with van der Waals surface area (Å²) in [5.41, 5.74) is -0.743. The average Bonchev–Trinajstić information content (AvgIpc) is 2.25. The van der Waals surface area contributed by atoms with Crippen LogP contribution < -0.4 is 66.3 Å². The molecule has 0 radical (unpaired) electrons. The topological polar surface area (TPSA) is 18.5 Å². The second-order valence-corrected chi connectivity index (χ2v) is 3.33. The van der Waals surface area contributed by atoms with E-state index in [9.17, 15) is 12.9 Å². The van der Waals surface area contributed by atoms with Gasteiger partial charge in [-0.05, 0) is 24.6 Å². The molecule has 1 aromatic carbocycles. The van der Waals surface area contributed by atoms with E-state index in [1.807, 2.05) is 6.92 Å². The van der Waals surface area contributed by atoms with Crippen molar-refractivity contribution in [1.29, 1.82) is 0 Å². The van der Waals surface area contributed by atoms with Gasteiger partial charge in [0.05, 0.1) is 19.5 Å². The van der Waals surface area contributed by atoms with Gasteiger partial charge >= 0.3 is 58.4 Å². The van der Waals surface area contributed by atoms with Crippen molar-refractivity contribution in [2.75, 3.05) is 13.7 Å². The molecule has 0 aliphatic heterocycles. The first-order valence-corrected chi connectivity index (χ1v) is 4.99. The number of benzene rings is 1. The third-order valence-electron chi connectivity index (χ3n) is 2.03. The molecule has 7 heteroatoms. The van der Waals surface area contributed by atoms with E-state index in [-0.39, 0.29) is 69.5 Å². The molecule has 0 bridgehead atoms. The zero-order valence-corrected chi connectivity index (χ0v) is 13.3. The Labute approximate surface area is 141 Å². The number of hydrogen-bond donors (Lipinski definition) is 0. The van der Waals surface area contributed by atoms with Crippen LogP contribution in [0.1, 0.15) is 13.3 Å². The normalized spacial score (nSPS) is 10.6. The summed E-state index contributed by atoms with van der Waals surface area (Å²) in [4.78, 5) is 0. The number of halogens is 3. The van der Waals surface area contributed by atoms with Crippen molar-refractivity contribution in [3.63, 3.8) is 0 Å². The van der Waals surface area contributed by atoms with Crippen LogP contribution in [0.15, 0.2) is 18.2 Å². The van der Waals surface area contributed by atoms with Gasteiger partial charge in [0.2, 0.25) is 0 Å². The molecule has 0 N–H and O–H groups in total. The zero-order valence-electron chi connectivity index (χ0n) is 10.2. The standard InChI is InChI=1S/C10H13BF3O2.K/c1-3-6-16-10-5-4-8(15-2)7-9(10)11(12,13)14;/h4-5,7H,3,6H2,1-2H3;/q-1;+1. The molecular weight excluding hydrogens is 259 g/mol. The van der Waals surface area contributed by atoms with Crippen LogP contribution in [-0.2, 0) is 0 Å². The van der Waals surface area contributed by atoms with Crippen LogP contribution in [0.5, 0.6) is 11.5 Å².